The fourth-order valence-electron chi connectivity index (χ4n) is 3.51. The highest BCUT2D eigenvalue weighted by atomic mass is 16.3. The average molecular weight is 375 g/mol. The first kappa shape index (κ1) is 18.1. The van der Waals surface area contributed by atoms with E-state index in [9.17, 15) is 14.7 Å². The van der Waals surface area contributed by atoms with Crippen molar-refractivity contribution in [1.82, 2.24) is 14.8 Å². The second-order valence-corrected chi connectivity index (χ2v) is 7.08. The van der Waals surface area contributed by atoms with E-state index in [1.807, 2.05) is 23.1 Å². The van der Waals surface area contributed by atoms with Gasteiger partial charge in [-0.05, 0) is 42.1 Å². The molecule has 1 aromatic heterocycles. The van der Waals surface area contributed by atoms with Crippen molar-refractivity contribution in [3.63, 3.8) is 0 Å². The SMILES string of the molecule is CN1CCN(C(=O)c2ccc(-c3ccc4c(C=O)c(O)ccc4c3)nc2)CC1. The molecule has 0 bridgehead atoms. The Kier molecular flexibility index (Phi) is 4.79. The van der Waals surface area contributed by atoms with Gasteiger partial charge in [-0.2, -0.15) is 0 Å². The molecule has 0 saturated carbocycles. The number of pyridine rings is 1. The van der Waals surface area contributed by atoms with E-state index in [2.05, 4.69) is 16.9 Å². The van der Waals surface area contributed by atoms with Crippen molar-refractivity contribution in [2.24, 2.45) is 0 Å². The Balaban J connectivity index is 1.59. The smallest absolute Gasteiger partial charge is 0.255 e. The Morgan fingerprint density at radius 2 is 1.86 bits per heavy atom. The number of phenols is 1. The Morgan fingerprint density at radius 1 is 1.07 bits per heavy atom. The van der Waals surface area contributed by atoms with Crippen molar-refractivity contribution >= 4 is 23.0 Å². The number of likely N-dealkylation sites (N-methyl/N-ethyl adjacent to an activating group) is 1. The number of benzene rings is 2. The van der Waals surface area contributed by atoms with E-state index in [1.54, 1.807) is 24.4 Å². The van der Waals surface area contributed by atoms with Gasteiger partial charge in [0.05, 0.1) is 16.8 Å². The molecule has 1 aliphatic rings. The van der Waals surface area contributed by atoms with E-state index in [4.69, 9.17) is 0 Å². The van der Waals surface area contributed by atoms with Crippen LogP contribution in [0.4, 0.5) is 0 Å². The summed E-state index contributed by atoms with van der Waals surface area (Å²) in [5.41, 5.74) is 2.50. The van der Waals surface area contributed by atoms with Crippen molar-refractivity contribution in [3.8, 4) is 17.0 Å². The summed E-state index contributed by atoms with van der Waals surface area (Å²) in [5.74, 6) is -0.0168. The van der Waals surface area contributed by atoms with Crippen LogP contribution in [0.1, 0.15) is 20.7 Å². The Morgan fingerprint density at radius 3 is 2.54 bits per heavy atom. The number of carbonyl (C=O) groups excluding carboxylic acids is 2. The zero-order valence-corrected chi connectivity index (χ0v) is 15.6. The second kappa shape index (κ2) is 7.40. The minimum Gasteiger partial charge on any atom is -0.507 e. The van der Waals surface area contributed by atoms with Crippen molar-refractivity contribution in [2.45, 2.75) is 0 Å². The largest absolute Gasteiger partial charge is 0.507 e. The number of nitrogens with zero attached hydrogens (tertiary/aromatic N) is 3. The number of aldehydes is 1. The van der Waals surface area contributed by atoms with E-state index in [0.717, 1.165) is 42.8 Å². The number of aromatic hydroxyl groups is 1. The minimum absolute atomic E-state index is 0.0109. The zero-order valence-electron chi connectivity index (χ0n) is 15.6. The molecule has 0 aliphatic carbocycles. The van der Waals surface area contributed by atoms with E-state index in [1.165, 1.54) is 6.07 Å². The van der Waals surface area contributed by atoms with Crippen LogP contribution in [-0.4, -0.2) is 65.3 Å². The summed E-state index contributed by atoms with van der Waals surface area (Å²) < 4.78 is 0. The molecule has 1 fully saturated rings. The summed E-state index contributed by atoms with van der Waals surface area (Å²) >= 11 is 0. The third-order valence-corrected chi connectivity index (χ3v) is 5.25. The summed E-state index contributed by atoms with van der Waals surface area (Å²) in [6, 6.07) is 12.5. The van der Waals surface area contributed by atoms with Gasteiger partial charge < -0.3 is 14.9 Å². The Labute approximate surface area is 163 Å². The molecule has 0 spiro atoms. The number of hydrogen-bond acceptors (Lipinski definition) is 5. The van der Waals surface area contributed by atoms with Crippen molar-refractivity contribution in [2.75, 3.05) is 33.2 Å². The molecule has 1 saturated heterocycles. The van der Waals surface area contributed by atoms with Crippen LogP contribution in [0.5, 0.6) is 5.75 Å². The van der Waals surface area contributed by atoms with Gasteiger partial charge in [-0.15, -0.1) is 0 Å². The predicted octanol–water partition coefficient (Wildman–Crippen LogP) is 2.81. The standard InChI is InChI=1S/C22H21N3O3/c1-24-8-10-25(11-9-24)22(28)17-3-6-20(23-13-17)16-2-5-18-15(12-16)4-7-21(27)19(18)14-26/h2-7,12-14,27H,8-11H2,1H3. The molecule has 2 heterocycles. The lowest BCUT2D eigenvalue weighted by atomic mass is 10.0. The highest BCUT2D eigenvalue weighted by Gasteiger charge is 2.20. The summed E-state index contributed by atoms with van der Waals surface area (Å²) in [6.45, 7) is 3.22. The number of carbonyl (C=O) groups is 2. The quantitative estimate of drug-likeness (QED) is 0.713. The minimum atomic E-state index is -0.0276. The number of hydrogen-bond donors (Lipinski definition) is 1. The highest BCUT2D eigenvalue weighted by Crippen LogP contribution is 2.29. The molecule has 0 atom stereocenters. The maximum atomic E-state index is 12.6. The van der Waals surface area contributed by atoms with Gasteiger partial charge in [0.15, 0.2) is 6.29 Å². The summed E-state index contributed by atoms with van der Waals surface area (Å²) in [7, 11) is 2.06. The van der Waals surface area contributed by atoms with Crippen LogP contribution >= 0.6 is 0 Å². The summed E-state index contributed by atoms with van der Waals surface area (Å²) in [5, 5.41) is 11.4. The number of rotatable bonds is 3. The molecule has 1 amide bonds. The van der Waals surface area contributed by atoms with Crippen molar-refractivity contribution in [3.05, 3.63) is 59.8 Å². The molecular weight excluding hydrogens is 354 g/mol. The van der Waals surface area contributed by atoms with Gasteiger partial charge in [0.2, 0.25) is 0 Å². The molecule has 3 aromatic rings. The molecular formula is C22H21N3O3. The first-order chi connectivity index (χ1) is 13.6. The number of piperazine rings is 1. The number of aromatic nitrogens is 1. The normalized spacial score (nSPS) is 15.0. The van der Waals surface area contributed by atoms with Gasteiger partial charge in [-0.1, -0.05) is 18.2 Å². The van der Waals surface area contributed by atoms with Crippen LogP contribution < -0.4 is 0 Å². The molecule has 0 unspecified atom stereocenters. The van der Waals surface area contributed by atoms with E-state index < -0.39 is 0 Å². The van der Waals surface area contributed by atoms with Crippen molar-refractivity contribution < 1.29 is 14.7 Å². The molecule has 1 N–H and O–H groups in total. The molecule has 6 heteroatoms. The molecule has 4 rings (SSSR count). The summed E-state index contributed by atoms with van der Waals surface area (Å²) in [4.78, 5) is 32.4. The predicted molar refractivity (Wildman–Crippen MR) is 108 cm³/mol. The van der Waals surface area contributed by atoms with Crippen LogP contribution in [0.2, 0.25) is 0 Å². The van der Waals surface area contributed by atoms with Crippen molar-refractivity contribution in [1.29, 1.82) is 0 Å². The number of fused-ring (bicyclic) bond motifs is 1. The molecule has 0 radical (unpaired) electrons. The fraction of sp³-hybridized carbons (Fsp3) is 0.227. The third-order valence-electron chi connectivity index (χ3n) is 5.25. The average Bonchev–Trinajstić information content (AvgIpc) is 2.73. The number of phenolic OH excluding ortho intramolecular Hbond substituents is 1. The van der Waals surface area contributed by atoms with E-state index in [-0.39, 0.29) is 17.2 Å². The molecule has 6 nitrogen and oxygen atoms in total. The van der Waals surface area contributed by atoms with Crippen LogP contribution in [0.25, 0.3) is 22.0 Å². The van der Waals surface area contributed by atoms with Gasteiger partial charge in [0, 0.05) is 37.9 Å². The molecule has 2 aromatic carbocycles. The van der Waals surface area contributed by atoms with Gasteiger partial charge in [0.25, 0.3) is 5.91 Å². The van der Waals surface area contributed by atoms with Gasteiger partial charge >= 0.3 is 0 Å². The Bertz CT molecular complexity index is 1040. The van der Waals surface area contributed by atoms with Gasteiger partial charge in [0.1, 0.15) is 5.75 Å². The Hall–Kier alpha value is -3.25. The van der Waals surface area contributed by atoms with Crippen LogP contribution in [0.3, 0.4) is 0 Å². The van der Waals surface area contributed by atoms with E-state index >= 15 is 0 Å². The van der Waals surface area contributed by atoms with Gasteiger partial charge in [-0.25, -0.2) is 0 Å². The first-order valence-electron chi connectivity index (χ1n) is 9.22. The number of amides is 1. The monoisotopic (exact) mass is 375 g/mol. The maximum absolute atomic E-state index is 12.6. The lowest BCUT2D eigenvalue weighted by molar-refractivity contribution is 0.0663. The maximum Gasteiger partial charge on any atom is 0.255 e. The second-order valence-electron chi connectivity index (χ2n) is 7.08. The van der Waals surface area contributed by atoms with Crippen LogP contribution in [0.15, 0.2) is 48.7 Å². The van der Waals surface area contributed by atoms with Crippen LogP contribution in [0, 0.1) is 0 Å². The molecule has 142 valence electrons. The highest BCUT2D eigenvalue weighted by molar-refractivity contribution is 6.02. The third kappa shape index (κ3) is 3.34. The fourth-order valence-corrected chi connectivity index (χ4v) is 3.51. The first-order valence-corrected chi connectivity index (χ1v) is 9.22. The lowest BCUT2D eigenvalue weighted by Crippen LogP contribution is -2.47. The van der Waals surface area contributed by atoms with Gasteiger partial charge in [-0.3, -0.25) is 14.6 Å². The van der Waals surface area contributed by atoms with E-state index in [0.29, 0.717) is 17.2 Å². The summed E-state index contributed by atoms with van der Waals surface area (Å²) in [6.07, 6.45) is 2.28. The molecule has 1 aliphatic heterocycles. The molecule has 28 heavy (non-hydrogen) atoms. The lowest BCUT2D eigenvalue weighted by Gasteiger charge is -2.32. The zero-order chi connectivity index (χ0) is 19.7. The van der Waals surface area contributed by atoms with Crippen LogP contribution in [-0.2, 0) is 0 Å². The topological polar surface area (TPSA) is 73.7 Å².